The number of nitrogens with two attached hydrogens (primary N) is 1. The van der Waals surface area contributed by atoms with Crippen molar-refractivity contribution in [2.75, 3.05) is 11.1 Å². The maximum Gasteiger partial charge on any atom is 0.292 e. The summed E-state index contributed by atoms with van der Waals surface area (Å²) in [5.41, 5.74) is 7.13. The van der Waals surface area contributed by atoms with E-state index in [1.54, 1.807) is 12.1 Å². The molecule has 2 aromatic carbocycles. The van der Waals surface area contributed by atoms with E-state index in [1.165, 1.54) is 18.2 Å². The Labute approximate surface area is 121 Å². The van der Waals surface area contributed by atoms with E-state index in [2.05, 4.69) is 5.32 Å². The second kappa shape index (κ2) is 6.04. The minimum atomic E-state index is -0.609. The average Bonchev–Trinajstić information content (AvgIpc) is 2.47. The Hall–Kier alpha value is -2.89. The molecule has 0 aliphatic carbocycles. The molecule has 108 valence electrons. The van der Waals surface area contributed by atoms with Crippen LogP contribution in [0.4, 0.5) is 17.1 Å². The summed E-state index contributed by atoms with van der Waals surface area (Å²) in [4.78, 5) is 22.4. The number of aryl methyl sites for hydroxylation is 1. The van der Waals surface area contributed by atoms with Crippen molar-refractivity contribution in [2.45, 2.75) is 13.3 Å². The van der Waals surface area contributed by atoms with E-state index in [0.29, 0.717) is 5.69 Å². The van der Waals surface area contributed by atoms with Crippen molar-refractivity contribution in [3.63, 3.8) is 0 Å². The molecule has 0 heterocycles. The largest absolute Gasteiger partial charge is 0.393 e. The lowest BCUT2D eigenvalue weighted by molar-refractivity contribution is -0.383. The van der Waals surface area contributed by atoms with Gasteiger partial charge in [-0.3, -0.25) is 14.9 Å². The first kappa shape index (κ1) is 14.5. The number of hydrogen-bond donors (Lipinski definition) is 2. The summed E-state index contributed by atoms with van der Waals surface area (Å²) in [6.07, 6.45) is 0.909. The van der Waals surface area contributed by atoms with Gasteiger partial charge in [0.25, 0.3) is 11.6 Å². The molecule has 0 atom stereocenters. The van der Waals surface area contributed by atoms with Crippen LogP contribution in [0, 0.1) is 10.1 Å². The molecular weight excluding hydrogens is 270 g/mol. The van der Waals surface area contributed by atoms with Crippen LogP contribution in [0.15, 0.2) is 42.5 Å². The quantitative estimate of drug-likeness (QED) is 0.512. The van der Waals surface area contributed by atoms with E-state index in [-0.39, 0.29) is 16.9 Å². The summed E-state index contributed by atoms with van der Waals surface area (Å²) in [5, 5.41) is 13.5. The fraction of sp³-hybridized carbons (Fsp3) is 0.133. The molecule has 2 rings (SSSR count). The van der Waals surface area contributed by atoms with Gasteiger partial charge in [-0.15, -0.1) is 0 Å². The van der Waals surface area contributed by atoms with E-state index in [4.69, 9.17) is 5.73 Å². The number of rotatable bonds is 4. The van der Waals surface area contributed by atoms with Crippen LogP contribution in [-0.4, -0.2) is 10.8 Å². The van der Waals surface area contributed by atoms with Crippen LogP contribution in [0.3, 0.4) is 0 Å². The standard InChI is InChI=1S/C15H15N3O3/c1-2-10-6-8-11(9-7-10)17-15(19)12-4-3-5-13(14(12)16)18(20)21/h3-9H,2,16H2,1H3,(H,17,19). The molecule has 0 aliphatic rings. The number of carbonyl (C=O) groups excluding carboxylic acids is 1. The van der Waals surface area contributed by atoms with E-state index < -0.39 is 10.8 Å². The summed E-state index contributed by atoms with van der Waals surface area (Å²) in [6, 6.07) is 11.5. The second-order valence-electron chi connectivity index (χ2n) is 4.50. The number of nitrogen functional groups attached to an aromatic ring is 1. The Morgan fingerprint density at radius 1 is 1.24 bits per heavy atom. The van der Waals surface area contributed by atoms with Crippen LogP contribution in [0.1, 0.15) is 22.8 Å². The summed E-state index contributed by atoms with van der Waals surface area (Å²) in [7, 11) is 0. The van der Waals surface area contributed by atoms with E-state index in [9.17, 15) is 14.9 Å². The number of nitrogens with one attached hydrogen (secondary N) is 1. The van der Waals surface area contributed by atoms with Crippen LogP contribution in [-0.2, 0) is 6.42 Å². The first-order valence-electron chi connectivity index (χ1n) is 6.46. The number of nitrogens with zero attached hydrogens (tertiary/aromatic N) is 1. The Morgan fingerprint density at radius 2 is 1.90 bits per heavy atom. The van der Waals surface area contributed by atoms with Gasteiger partial charge >= 0.3 is 0 Å². The highest BCUT2D eigenvalue weighted by molar-refractivity contribution is 6.08. The van der Waals surface area contributed by atoms with E-state index >= 15 is 0 Å². The molecule has 0 radical (unpaired) electrons. The van der Waals surface area contributed by atoms with Crippen molar-refractivity contribution in [3.8, 4) is 0 Å². The average molecular weight is 285 g/mol. The maximum atomic E-state index is 12.2. The normalized spacial score (nSPS) is 10.1. The molecular formula is C15H15N3O3. The summed E-state index contributed by atoms with van der Waals surface area (Å²) < 4.78 is 0. The number of amides is 1. The Bertz CT molecular complexity index is 681. The summed E-state index contributed by atoms with van der Waals surface area (Å²) >= 11 is 0. The predicted octanol–water partition coefficient (Wildman–Crippen LogP) is 2.99. The van der Waals surface area contributed by atoms with Gasteiger partial charge < -0.3 is 11.1 Å². The van der Waals surface area contributed by atoms with Crippen molar-refractivity contribution in [2.24, 2.45) is 0 Å². The van der Waals surface area contributed by atoms with Crippen molar-refractivity contribution < 1.29 is 9.72 Å². The van der Waals surface area contributed by atoms with Gasteiger partial charge in [0.1, 0.15) is 5.69 Å². The van der Waals surface area contributed by atoms with Gasteiger partial charge in [0.05, 0.1) is 10.5 Å². The second-order valence-corrected chi connectivity index (χ2v) is 4.50. The molecule has 0 saturated heterocycles. The third-order valence-electron chi connectivity index (χ3n) is 3.14. The summed E-state index contributed by atoms with van der Waals surface area (Å²) in [5.74, 6) is -0.472. The molecule has 0 bridgehead atoms. The van der Waals surface area contributed by atoms with Crippen LogP contribution >= 0.6 is 0 Å². The van der Waals surface area contributed by atoms with Gasteiger partial charge in [-0.2, -0.15) is 0 Å². The Morgan fingerprint density at radius 3 is 2.48 bits per heavy atom. The van der Waals surface area contributed by atoms with Gasteiger partial charge in [0.15, 0.2) is 0 Å². The highest BCUT2D eigenvalue weighted by atomic mass is 16.6. The number of carbonyl (C=O) groups is 1. The minimum Gasteiger partial charge on any atom is -0.393 e. The van der Waals surface area contributed by atoms with Crippen molar-refractivity contribution >= 4 is 23.0 Å². The lowest BCUT2D eigenvalue weighted by atomic mass is 10.1. The first-order valence-corrected chi connectivity index (χ1v) is 6.46. The van der Waals surface area contributed by atoms with Crippen LogP contribution < -0.4 is 11.1 Å². The maximum absolute atomic E-state index is 12.2. The van der Waals surface area contributed by atoms with Crippen molar-refractivity contribution in [3.05, 3.63) is 63.7 Å². The van der Waals surface area contributed by atoms with Crippen molar-refractivity contribution in [1.82, 2.24) is 0 Å². The molecule has 6 heteroatoms. The molecule has 21 heavy (non-hydrogen) atoms. The third kappa shape index (κ3) is 3.17. The molecule has 0 aliphatic heterocycles. The molecule has 0 unspecified atom stereocenters. The van der Waals surface area contributed by atoms with E-state index in [0.717, 1.165) is 12.0 Å². The first-order chi connectivity index (χ1) is 10.0. The SMILES string of the molecule is CCc1ccc(NC(=O)c2cccc([N+](=O)[O-])c2N)cc1. The highest BCUT2D eigenvalue weighted by Gasteiger charge is 2.18. The fourth-order valence-electron chi connectivity index (χ4n) is 1.93. The number of nitro benzene ring substituents is 1. The lowest BCUT2D eigenvalue weighted by Crippen LogP contribution is -2.14. The number of nitro groups is 1. The van der Waals surface area contributed by atoms with Gasteiger partial charge in [-0.25, -0.2) is 0 Å². The molecule has 3 N–H and O–H groups in total. The highest BCUT2D eigenvalue weighted by Crippen LogP contribution is 2.25. The molecule has 6 nitrogen and oxygen atoms in total. The summed E-state index contributed by atoms with van der Waals surface area (Å²) in [6.45, 7) is 2.04. The molecule has 0 spiro atoms. The molecule has 0 fully saturated rings. The zero-order valence-corrected chi connectivity index (χ0v) is 11.5. The zero-order chi connectivity index (χ0) is 15.4. The Kier molecular flexibility index (Phi) is 4.18. The number of benzene rings is 2. The van der Waals surface area contributed by atoms with Gasteiger partial charge in [-0.05, 0) is 30.2 Å². The number of anilines is 2. The van der Waals surface area contributed by atoms with Gasteiger partial charge in [0.2, 0.25) is 0 Å². The third-order valence-corrected chi connectivity index (χ3v) is 3.14. The van der Waals surface area contributed by atoms with Crippen LogP contribution in [0.5, 0.6) is 0 Å². The predicted molar refractivity (Wildman–Crippen MR) is 81.3 cm³/mol. The lowest BCUT2D eigenvalue weighted by Gasteiger charge is -2.08. The van der Waals surface area contributed by atoms with Crippen LogP contribution in [0.2, 0.25) is 0 Å². The van der Waals surface area contributed by atoms with E-state index in [1.807, 2.05) is 19.1 Å². The zero-order valence-electron chi connectivity index (χ0n) is 11.5. The van der Waals surface area contributed by atoms with Gasteiger partial charge in [0, 0.05) is 11.8 Å². The van der Waals surface area contributed by atoms with Crippen molar-refractivity contribution in [1.29, 1.82) is 0 Å². The molecule has 1 amide bonds. The molecule has 0 saturated carbocycles. The smallest absolute Gasteiger partial charge is 0.292 e. The number of para-hydroxylation sites is 1. The monoisotopic (exact) mass is 285 g/mol. The molecule has 2 aromatic rings. The molecule has 0 aromatic heterocycles. The topological polar surface area (TPSA) is 98.3 Å². The fourth-order valence-corrected chi connectivity index (χ4v) is 1.93. The Balaban J connectivity index is 2.24. The number of hydrogen-bond acceptors (Lipinski definition) is 4. The minimum absolute atomic E-state index is 0.0868. The van der Waals surface area contributed by atoms with Crippen LogP contribution in [0.25, 0.3) is 0 Å². The van der Waals surface area contributed by atoms with Gasteiger partial charge in [-0.1, -0.05) is 25.1 Å².